The molecular formula is C12H19FN2O. The monoisotopic (exact) mass is 226 g/mol. The third kappa shape index (κ3) is 2.71. The van der Waals surface area contributed by atoms with Crippen molar-refractivity contribution in [3.05, 3.63) is 29.1 Å². The van der Waals surface area contributed by atoms with Crippen LogP contribution in [-0.4, -0.2) is 25.3 Å². The Bertz CT molecular complexity index is 366. The Morgan fingerprint density at radius 2 is 2.12 bits per heavy atom. The maximum absolute atomic E-state index is 13.4. The minimum Gasteiger partial charge on any atom is -0.395 e. The average Bonchev–Trinajstić information content (AvgIpc) is 2.21. The largest absolute Gasteiger partial charge is 0.395 e. The molecule has 0 radical (unpaired) electrons. The minimum atomic E-state index is -0.242. The van der Waals surface area contributed by atoms with E-state index < -0.39 is 0 Å². The number of nitrogens with zero attached hydrogens (tertiary/aromatic N) is 1. The number of aliphatic hydroxyl groups is 1. The zero-order valence-corrected chi connectivity index (χ0v) is 10.00. The van der Waals surface area contributed by atoms with Crippen molar-refractivity contribution in [1.29, 1.82) is 0 Å². The summed E-state index contributed by atoms with van der Waals surface area (Å²) in [5.41, 5.74) is 8.04. The number of rotatable bonds is 4. The normalized spacial score (nSPS) is 12.6. The fourth-order valence-electron chi connectivity index (χ4n) is 1.65. The molecule has 0 bridgehead atoms. The third-order valence-electron chi connectivity index (χ3n) is 2.65. The van der Waals surface area contributed by atoms with Gasteiger partial charge in [-0.25, -0.2) is 4.39 Å². The van der Waals surface area contributed by atoms with Gasteiger partial charge in [0.25, 0.3) is 0 Å². The molecule has 0 spiro atoms. The molecule has 1 aromatic carbocycles. The Morgan fingerprint density at radius 3 is 2.62 bits per heavy atom. The van der Waals surface area contributed by atoms with Crippen molar-refractivity contribution in [2.24, 2.45) is 5.73 Å². The first-order chi connectivity index (χ1) is 7.47. The van der Waals surface area contributed by atoms with Crippen LogP contribution in [0.4, 0.5) is 10.1 Å². The van der Waals surface area contributed by atoms with Crippen LogP contribution in [0.3, 0.4) is 0 Å². The van der Waals surface area contributed by atoms with E-state index in [2.05, 4.69) is 0 Å². The second-order valence-corrected chi connectivity index (χ2v) is 4.09. The molecule has 0 aliphatic rings. The van der Waals surface area contributed by atoms with E-state index >= 15 is 0 Å². The van der Waals surface area contributed by atoms with Crippen LogP contribution in [0.2, 0.25) is 0 Å². The van der Waals surface area contributed by atoms with Gasteiger partial charge in [0.1, 0.15) is 5.82 Å². The number of likely N-dealkylation sites (N-methyl/N-ethyl adjacent to an activating group) is 1. The summed E-state index contributed by atoms with van der Waals surface area (Å²) >= 11 is 0. The predicted octanol–water partition coefficient (Wildman–Crippen LogP) is 1.58. The van der Waals surface area contributed by atoms with E-state index in [1.165, 1.54) is 6.07 Å². The molecule has 1 rings (SSSR count). The molecule has 0 aliphatic heterocycles. The van der Waals surface area contributed by atoms with Crippen molar-refractivity contribution in [3.8, 4) is 0 Å². The highest BCUT2D eigenvalue weighted by Gasteiger charge is 2.13. The van der Waals surface area contributed by atoms with Crippen LogP contribution in [0, 0.1) is 12.7 Å². The van der Waals surface area contributed by atoms with Crippen LogP contribution < -0.4 is 10.6 Å². The standard InChI is InChI=1S/C12H19FN2O/c1-8-6-12(15(3)4-5-16)10(9(2)14)7-11(8)13/h6-7,9,16H,4-5,14H2,1-3H3. The molecule has 0 aromatic heterocycles. The quantitative estimate of drug-likeness (QED) is 0.819. The SMILES string of the molecule is Cc1cc(N(C)CCO)c(C(C)N)cc1F. The predicted molar refractivity (Wildman–Crippen MR) is 64.1 cm³/mol. The smallest absolute Gasteiger partial charge is 0.126 e. The van der Waals surface area contributed by atoms with E-state index in [0.29, 0.717) is 12.1 Å². The number of benzene rings is 1. The van der Waals surface area contributed by atoms with Gasteiger partial charge in [-0.1, -0.05) is 0 Å². The van der Waals surface area contributed by atoms with Crippen molar-refractivity contribution in [1.82, 2.24) is 0 Å². The Hall–Kier alpha value is -1.13. The molecule has 0 aliphatic carbocycles. The number of nitrogens with two attached hydrogens (primary N) is 1. The maximum atomic E-state index is 13.4. The molecule has 1 aromatic rings. The lowest BCUT2D eigenvalue weighted by atomic mass is 10.0. The molecule has 1 unspecified atom stereocenters. The van der Waals surface area contributed by atoms with Crippen molar-refractivity contribution >= 4 is 5.69 Å². The Labute approximate surface area is 95.7 Å². The molecule has 0 heterocycles. The number of hydrogen-bond donors (Lipinski definition) is 2. The highest BCUT2D eigenvalue weighted by Crippen LogP contribution is 2.27. The van der Waals surface area contributed by atoms with Gasteiger partial charge in [0, 0.05) is 25.3 Å². The lowest BCUT2D eigenvalue weighted by Crippen LogP contribution is -2.24. The number of aryl methyl sites for hydroxylation is 1. The van der Waals surface area contributed by atoms with Crippen LogP contribution >= 0.6 is 0 Å². The van der Waals surface area contributed by atoms with Gasteiger partial charge in [0.15, 0.2) is 0 Å². The Kier molecular flexibility index (Phi) is 4.26. The first-order valence-electron chi connectivity index (χ1n) is 5.35. The highest BCUT2D eigenvalue weighted by molar-refractivity contribution is 5.56. The second kappa shape index (κ2) is 5.27. The van der Waals surface area contributed by atoms with Gasteiger partial charge in [-0.15, -0.1) is 0 Å². The molecule has 4 heteroatoms. The lowest BCUT2D eigenvalue weighted by molar-refractivity contribution is 0.304. The van der Waals surface area contributed by atoms with Crippen molar-refractivity contribution in [2.45, 2.75) is 19.9 Å². The summed E-state index contributed by atoms with van der Waals surface area (Å²) in [4.78, 5) is 1.88. The number of aliphatic hydroxyl groups excluding tert-OH is 1. The fraction of sp³-hybridized carbons (Fsp3) is 0.500. The zero-order chi connectivity index (χ0) is 12.3. The fourth-order valence-corrected chi connectivity index (χ4v) is 1.65. The van der Waals surface area contributed by atoms with Gasteiger partial charge < -0.3 is 15.7 Å². The van der Waals surface area contributed by atoms with E-state index in [9.17, 15) is 4.39 Å². The number of halogens is 1. The number of anilines is 1. The Balaban J connectivity index is 3.19. The van der Waals surface area contributed by atoms with Crippen LogP contribution in [0.1, 0.15) is 24.1 Å². The van der Waals surface area contributed by atoms with E-state index in [0.717, 1.165) is 11.3 Å². The topological polar surface area (TPSA) is 49.5 Å². The third-order valence-corrected chi connectivity index (χ3v) is 2.65. The molecule has 3 nitrogen and oxygen atoms in total. The minimum absolute atomic E-state index is 0.0608. The van der Waals surface area contributed by atoms with Gasteiger partial charge in [-0.3, -0.25) is 0 Å². The average molecular weight is 226 g/mol. The van der Waals surface area contributed by atoms with Crippen LogP contribution in [0.5, 0.6) is 0 Å². The molecule has 1 atom stereocenters. The Morgan fingerprint density at radius 1 is 1.50 bits per heavy atom. The zero-order valence-electron chi connectivity index (χ0n) is 10.00. The van der Waals surface area contributed by atoms with Crippen LogP contribution in [-0.2, 0) is 0 Å². The van der Waals surface area contributed by atoms with Gasteiger partial charge >= 0.3 is 0 Å². The van der Waals surface area contributed by atoms with Crippen molar-refractivity contribution < 1.29 is 9.50 Å². The first kappa shape index (κ1) is 12.9. The maximum Gasteiger partial charge on any atom is 0.126 e. The molecule has 3 N–H and O–H groups in total. The van der Waals surface area contributed by atoms with Gasteiger partial charge in [0.05, 0.1) is 6.61 Å². The summed E-state index contributed by atoms with van der Waals surface area (Å²) < 4.78 is 13.4. The van der Waals surface area contributed by atoms with Crippen LogP contribution in [0.25, 0.3) is 0 Å². The van der Waals surface area contributed by atoms with E-state index in [1.54, 1.807) is 13.0 Å². The van der Waals surface area contributed by atoms with Gasteiger partial charge in [-0.2, -0.15) is 0 Å². The molecule has 0 saturated carbocycles. The van der Waals surface area contributed by atoms with E-state index in [-0.39, 0.29) is 18.5 Å². The summed E-state index contributed by atoms with van der Waals surface area (Å²) in [5, 5.41) is 8.90. The van der Waals surface area contributed by atoms with E-state index in [1.807, 2.05) is 18.9 Å². The first-order valence-corrected chi connectivity index (χ1v) is 5.35. The molecule has 90 valence electrons. The van der Waals surface area contributed by atoms with E-state index in [4.69, 9.17) is 10.8 Å². The lowest BCUT2D eigenvalue weighted by Gasteiger charge is -2.24. The molecular weight excluding hydrogens is 207 g/mol. The van der Waals surface area contributed by atoms with Gasteiger partial charge in [-0.05, 0) is 37.1 Å². The molecule has 0 fully saturated rings. The summed E-state index contributed by atoms with van der Waals surface area (Å²) in [6.07, 6.45) is 0. The summed E-state index contributed by atoms with van der Waals surface area (Å²) in [7, 11) is 1.86. The molecule has 0 saturated heterocycles. The van der Waals surface area contributed by atoms with Gasteiger partial charge in [0.2, 0.25) is 0 Å². The van der Waals surface area contributed by atoms with Crippen LogP contribution in [0.15, 0.2) is 12.1 Å². The highest BCUT2D eigenvalue weighted by atomic mass is 19.1. The summed E-state index contributed by atoms with van der Waals surface area (Å²) in [6.45, 7) is 4.10. The molecule has 0 amide bonds. The van der Waals surface area contributed by atoms with Crippen molar-refractivity contribution in [3.63, 3.8) is 0 Å². The summed E-state index contributed by atoms with van der Waals surface area (Å²) in [5.74, 6) is -0.242. The summed E-state index contributed by atoms with van der Waals surface area (Å²) in [6, 6.07) is 3.01. The molecule has 16 heavy (non-hydrogen) atoms. The second-order valence-electron chi connectivity index (χ2n) is 4.09. The van der Waals surface area contributed by atoms with Crippen molar-refractivity contribution in [2.75, 3.05) is 25.1 Å². The number of hydrogen-bond acceptors (Lipinski definition) is 3.